The molecular weight excluding hydrogens is 513 g/mol. The summed E-state index contributed by atoms with van der Waals surface area (Å²) in [6, 6.07) is 9.43. The van der Waals surface area contributed by atoms with Crippen molar-refractivity contribution in [1.82, 2.24) is 9.97 Å². The molecule has 0 spiro atoms. The highest BCUT2D eigenvalue weighted by atomic mass is 79.9. The van der Waals surface area contributed by atoms with Crippen molar-refractivity contribution in [2.45, 2.75) is 17.7 Å². The standard InChI is InChI=1S/C20H16BrF3N4O3S/c1-32(30,31)18-16(3-2-8-26-18)28(11-12-4-6-14(21)15(25)9-12)19(29)13-5-7-17(27-10-13)20(22,23)24/h2-10H,11,25H2,1H3. The molecule has 1 aromatic carbocycles. The number of anilines is 2. The Morgan fingerprint density at radius 2 is 1.88 bits per heavy atom. The van der Waals surface area contributed by atoms with Crippen LogP contribution < -0.4 is 10.6 Å². The third-order valence-electron chi connectivity index (χ3n) is 4.34. The van der Waals surface area contributed by atoms with Gasteiger partial charge < -0.3 is 10.6 Å². The van der Waals surface area contributed by atoms with Crippen LogP contribution in [0.25, 0.3) is 0 Å². The molecule has 0 aliphatic carbocycles. The second kappa shape index (κ2) is 8.87. The average molecular weight is 529 g/mol. The Hall–Kier alpha value is -2.99. The van der Waals surface area contributed by atoms with Gasteiger partial charge in [-0.05, 0) is 57.9 Å². The number of carbonyl (C=O) groups is 1. The molecule has 0 aliphatic heterocycles. The lowest BCUT2D eigenvalue weighted by Gasteiger charge is -2.25. The highest BCUT2D eigenvalue weighted by Crippen LogP contribution is 2.30. The van der Waals surface area contributed by atoms with Gasteiger partial charge in [-0.1, -0.05) is 6.07 Å². The number of sulfone groups is 1. The molecule has 2 aromatic heterocycles. The maximum atomic E-state index is 13.3. The molecular formula is C20H16BrF3N4O3S. The van der Waals surface area contributed by atoms with E-state index < -0.39 is 27.6 Å². The molecule has 2 N–H and O–H groups in total. The summed E-state index contributed by atoms with van der Waals surface area (Å²) in [5, 5.41) is -0.349. The number of rotatable bonds is 5. The molecule has 0 atom stereocenters. The molecule has 0 radical (unpaired) electrons. The Morgan fingerprint density at radius 1 is 1.16 bits per heavy atom. The lowest BCUT2D eigenvalue weighted by molar-refractivity contribution is -0.141. The van der Waals surface area contributed by atoms with Crippen molar-refractivity contribution < 1.29 is 26.4 Å². The fourth-order valence-electron chi connectivity index (χ4n) is 2.86. The number of benzene rings is 1. The molecule has 3 aromatic rings. The summed E-state index contributed by atoms with van der Waals surface area (Å²) >= 11 is 3.27. The smallest absolute Gasteiger partial charge is 0.398 e. The zero-order valence-electron chi connectivity index (χ0n) is 16.5. The van der Waals surface area contributed by atoms with Gasteiger partial charge in [-0.3, -0.25) is 9.78 Å². The maximum absolute atomic E-state index is 13.3. The third kappa shape index (κ3) is 5.25. The van der Waals surface area contributed by atoms with E-state index >= 15 is 0 Å². The van der Waals surface area contributed by atoms with Gasteiger partial charge in [0.1, 0.15) is 5.69 Å². The fourth-order valence-corrected chi connectivity index (χ4v) is 3.91. The molecule has 3 rings (SSSR count). The number of nitrogens with zero attached hydrogens (tertiary/aromatic N) is 3. The number of hydrogen-bond donors (Lipinski definition) is 1. The van der Waals surface area contributed by atoms with Crippen molar-refractivity contribution in [2.24, 2.45) is 0 Å². The molecule has 0 aliphatic rings. The van der Waals surface area contributed by atoms with E-state index in [0.717, 1.165) is 23.4 Å². The number of aromatic nitrogens is 2. The van der Waals surface area contributed by atoms with Crippen molar-refractivity contribution in [3.8, 4) is 0 Å². The molecule has 32 heavy (non-hydrogen) atoms. The first-order chi connectivity index (χ1) is 14.9. The summed E-state index contributed by atoms with van der Waals surface area (Å²) in [6.45, 7) is -0.119. The second-order valence-electron chi connectivity index (χ2n) is 6.78. The monoisotopic (exact) mass is 528 g/mol. The first-order valence-corrected chi connectivity index (χ1v) is 11.6. The SMILES string of the molecule is CS(=O)(=O)c1ncccc1N(Cc1ccc(Br)c(N)c1)C(=O)c1ccc(C(F)(F)F)nc1. The first-order valence-electron chi connectivity index (χ1n) is 8.92. The Labute approximate surface area is 190 Å². The number of nitrogens with two attached hydrogens (primary N) is 1. The molecule has 12 heteroatoms. The van der Waals surface area contributed by atoms with Gasteiger partial charge in [-0.15, -0.1) is 0 Å². The van der Waals surface area contributed by atoms with Crippen LogP contribution in [0.1, 0.15) is 21.6 Å². The summed E-state index contributed by atoms with van der Waals surface area (Å²) in [6.07, 6.45) is -1.66. The fraction of sp³-hybridized carbons (Fsp3) is 0.150. The Balaban J connectivity index is 2.10. The topological polar surface area (TPSA) is 106 Å². The number of hydrogen-bond acceptors (Lipinski definition) is 6. The van der Waals surface area contributed by atoms with E-state index in [9.17, 15) is 26.4 Å². The lowest BCUT2D eigenvalue weighted by Crippen LogP contribution is -2.32. The van der Waals surface area contributed by atoms with E-state index in [0.29, 0.717) is 21.8 Å². The van der Waals surface area contributed by atoms with Crippen molar-refractivity contribution in [3.63, 3.8) is 0 Å². The molecule has 0 saturated carbocycles. The number of halogens is 4. The number of alkyl halides is 3. The van der Waals surface area contributed by atoms with Crippen LogP contribution in [0.4, 0.5) is 24.5 Å². The number of amides is 1. The first kappa shape index (κ1) is 23.7. The van der Waals surface area contributed by atoms with Crippen LogP contribution in [0.5, 0.6) is 0 Å². The van der Waals surface area contributed by atoms with Crippen molar-refractivity contribution in [3.05, 3.63) is 76.2 Å². The number of pyridine rings is 2. The van der Waals surface area contributed by atoms with E-state index in [-0.39, 0.29) is 22.8 Å². The molecule has 1 amide bonds. The van der Waals surface area contributed by atoms with Crippen LogP contribution in [-0.2, 0) is 22.6 Å². The minimum Gasteiger partial charge on any atom is -0.398 e. The largest absolute Gasteiger partial charge is 0.433 e. The number of carbonyl (C=O) groups excluding carboxylic acids is 1. The number of nitrogen functional groups attached to an aromatic ring is 1. The van der Waals surface area contributed by atoms with Crippen molar-refractivity contribution in [2.75, 3.05) is 16.9 Å². The van der Waals surface area contributed by atoms with E-state index in [4.69, 9.17) is 5.73 Å². The van der Waals surface area contributed by atoms with Crippen LogP contribution in [-0.4, -0.2) is 30.5 Å². The molecule has 7 nitrogen and oxygen atoms in total. The zero-order valence-corrected chi connectivity index (χ0v) is 18.9. The normalized spacial score (nSPS) is 11.9. The summed E-state index contributed by atoms with van der Waals surface area (Å²) in [4.78, 5) is 21.6. The third-order valence-corrected chi connectivity index (χ3v) is 6.08. The van der Waals surface area contributed by atoms with Crippen LogP contribution in [0.2, 0.25) is 0 Å². The predicted octanol–water partition coefficient (Wildman–Crippen LogP) is 4.09. The van der Waals surface area contributed by atoms with E-state index in [1.165, 1.54) is 18.3 Å². The minimum absolute atomic E-state index is 0.0265. The van der Waals surface area contributed by atoms with Crippen LogP contribution in [0.3, 0.4) is 0 Å². The highest BCUT2D eigenvalue weighted by molar-refractivity contribution is 9.10. The molecule has 0 bridgehead atoms. The molecule has 2 heterocycles. The van der Waals surface area contributed by atoms with Crippen molar-refractivity contribution >= 4 is 43.0 Å². The Kier molecular flexibility index (Phi) is 6.56. The average Bonchev–Trinajstić information content (AvgIpc) is 2.73. The molecule has 0 unspecified atom stereocenters. The van der Waals surface area contributed by atoms with Gasteiger partial charge >= 0.3 is 6.18 Å². The van der Waals surface area contributed by atoms with E-state index in [2.05, 4.69) is 25.9 Å². The Morgan fingerprint density at radius 3 is 2.44 bits per heavy atom. The zero-order chi connectivity index (χ0) is 23.7. The van der Waals surface area contributed by atoms with Gasteiger partial charge in [-0.2, -0.15) is 13.2 Å². The quantitative estimate of drug-likeness (QED) is 0.500. The maximum Gasteiger partial charge on any atom is 0.433 e. The van der Waals surface area contributed by atoms with Gasteiger partial charge in [-0.25, -0.2) is 13.4 Å². The molecule has 0 fully saturated rings. The van der Waals surface area contributed by atoms with Crippen LogP contribution in [0.15, 0.2) is 64.4 Å². The van der Waals surface area contributed by atoms with Gasteiger partial charge in [0, 0.05) is 28.8 Å². The van der Waals surface area contributed by atoms with E-state index in [1.807, 2.05) is 0 Å². The summed E-state index contributed by atoms with van der Waals surface area (Å²) in [5.41, 5.74) is 5.51. The summed E-state index contributed by atoms with van der Waals surface area (Å²) in [5.74, 6) is -0.759. The Bertz CT molecular complexity index is 1270. The van der Waals surface area contributed by atoms with Gasteiger partial charge in [0.2, 0.25) is 0 Å². The van der Waals surface area contributed by atoms with E-state index in [1.54, 1.807) is 18.2 Å². The predicted molar refractivity (Wildman–Crippen MR) is 116 cm³/mol. The molecule has 0 saturated heterocycles. The molecule has 168 valence electrons. The lowest BCUT2D eigenvalue weighted by atomic mass is 10.1. The highest BCUT2D eigenvalue weighted by Gasteiger charge is 2.33. The van der Waals surface area contributed by atoms with Gasteiger partial charge in [0.25, 0.3) is 5.91 Å². The summed E-state index contributed by atoms with van der Waals surface area (Å²) in [7, 11) is -3.83. The van der Waals surface area contributed by atoms with Gasteiger partial charge in [0.05, 0.1) is 17.8 Å². The van der Waals surface area contributed by atoms with Crippen LogP contribution >= 0.6 is 15.9 Å². The minimum atomic E-state index is -4.66. The summed E-state index contributed by atoms with van der Waals surface area (Å²) < 4.78 is 63.7. The van der Waals surface area contributed by atoms with Crippen LogP contribution in [0, 0.1) is 0 Å². The van der Waals surface area contributed by atoms with Gasteiger partial charge in [0.15, 0.2) is 14.9 Å². The van der Waals surface area contributed by atoms with Crippen molar-refractivity contribution in [1.29, 1.82) is 0 Å². The second-order valence-corrected chi connectivity index (χ2v) is 9.56.